The van der Waals surface area contributed by atoms with Crippen molar-refractivity contribution in [3.8, 4) is 11.8 Å². The Morgan fingerprint density at radius 3 is 3.18 bits per heavy atom. The minimum Gasteiger partial charge on any atom is -0.390 e. The fraction of sp³-hybridized carbons (Fsp3) is 0.429. The van der Waals surface area contributed by atoms with E-state index in [1.54, 1.807) is 11.3 Å². The van der Waals surface area contributed by atoms with Crippen molar-refractivity contribution in [1.29, 1.82) is 0 Å². The number of aliphatic hydroxyl groups excluding tert-OH is 1. The predicted molar refractivity (Wildman–Crippen MR) is 70.9 cm³/mol. The van der Waals surface area contributed by atoms with Crippen molar-refractivity contribution in [2.24, 2.45) is 0 Å². The molecule has 1 aliphatic rings. The standard InChI is InChI=1S/C14H16O2S/c1-2-4-11-6-7-12(17-11)8-9-14-13(15)5-3-10-16-14/h6-9,13-15H,3,5,10H2,1H3/b9-8+/t13-,14+/m1/s1. The summed E-state index contributed by atoms with van der Waals surface area (Å²) in [6.45, 7) is 2.57. The first-order chi connectivity index (χ1) is 8.29. The molecule has 1 aromatic heterocycles. The van der Waals surface area contributed by atoms with Gasteiger partial charge in [0.15, 0.2) is 0 Å². The van der Waals surface area contributed by atoms with Gasteiger partial charge in [-0.05, 0) is 38.0 Å². The highest BCUT2D eigenvalue weighted by Gasteiger charge is 2.20. The zero-order valence-electron chi connectivity index (χ0n) is 9.85. The molecule has 0 unspecified atom stereocenters. The topological polar surface area (TPSA) is 29.5 Å². The Hall–Kier alpha value is -1.08. The highest BCUT2D eigenvalue weighted by molar-refractivity contribution is 7.13. The number of hydrogen-bond acceptors (Lipinski definition) is 3. The fourth-order valence-electron chi connectivity index (χ4n) is 1.79. The molecule has 0 spiro atoms. The minimum absolute atomic E-state index is 0.161. The minimum atomic E-state index is -0.366. The van der Waals surface area contributed by atoms with Crippen LogP contribution in [0.2, 0.25) is 0 Å². The Morgan fingerprint density at radius 1 is 1.53 bits per heavy atom. The smallest absolute Gasteiger partial charge is 0.102 e. The average molecular weight is 248 g/mol. The fourth-order valence-corrected chi connectivity index (χ4v) is 2.62. The summed E-state index contributed by atoms with van der Waals surface area (Å²) in [7, 11) is 0. The molecule has 0 saturated carbocycles. The van der Waals surface area contributed by atoms with Gasteiger partial charge < -0.3 is 9.84 Å². The summed E-state index contributed by atoms with van der Waals surface area (Å²) in [6.07, 6.45) is 5.19. The molecular weight excluding hydrogens is 232 g/mol. The number of thiophene rings is 1. The summed E-state index contributed by atoms with van der Waals surface area (Å²) < 4.78 is 5.51. The quantitative estimate of drug-likeness (QED) is 0.815. The monoisotopic (exact) mass is 248 g/mol. The lowest BCUT2D eigenvalue weighted by molar-refractivity contribution is -0.0479. The maximum atomic E-state index is 9.74. The summed E-state index contributed by atoms with van der Waals surface area (Å²) >= 11 is 1.65. The van der Waals surface area contributed by atoms with Gasteiger partial charge in [0, 0.05) is 11.5 Å². The Labute approximate surface area is 106 Å². The molecule has 0 aromatic carbocycles. The normalized spacial score (nSPS) is 24.6. The molecule has 0 bridgehead atoms. The van der Waals surface area contributed by atoms with Crippen LogP contribution in [0.25, 0.3) is 6.08 Å². The van der Waals surface area contributed by atoms with E-state index in [0.29, 0.717) is 0 Å². The molecule has 1 N–H and O–H groups in total. The molecule has 90 valence electrons. The van der Waals surface area contributed by atoms with Crippen LogP contribution in [0.4, 0.5) is 0 Å². The van der Waals surface area contributed by atoms with Gasteiger partial charge in [0.25, 0.3) is 0 Å². The van der Waals surface area contributed by atoms with Gasteiger partial charge in [-0.15, -0.1) is 17.3 Å². The van der Waals surface area contributed by atoms with E-state index in [1.807, 2.05) is 31.2 Å². The van der Waals surface area contributed by atoms with Crippen LogP contribution in [0.1, 0.15) is 29.5 Å². The van der Waals surface area contributed by atoms with Gasteiger partial charge >= 0.3 is 0 Å². The van der Waals surface area contributed by atoms with Crippen LogP contribution in [0, 0.1) is 11.8 Å². The zero-order chi connectivity index (χ0) is 12.1. The van der Waals surface area contributed by atoms with Gasteiger partial charge in [0.05, 0.1) is 11.0 Å². The molecule has 17 heavy (non-hydrogen) atoms. The molecule has 0 aliphatic carbocycles. The first-order valence-corrected chi connectivity index (χ1v) is 6.61. The van der Waals surface area contributed by atoms with Gasteiger partial charge in [0.2, 0.25) is 0 Å². The summed E-state index contributed by atoms with van der Waals surface area (Å²) in [5.41, 5.74) is 0. The lowest BCUT2D eigenvalue weighted by Crippen LogP contribution is -2.32. The SMILES string of the molecule is CC#Cc1ccc(/C=C/[C@@H]2OCCC[C@H]2O)s1. The van der Waals surface area contributed by atoms with Crippen LogP contribution >= 0.6 is 11.3 Å². The maximum Gasteiger partial charge on any atom is 0.102 e. The van der Waals surface area contributed by atoms with Crippen molar-refractivity contribution in [1.82, 2.24) is 0 Å². The molecule has 0 radical (unpaired) electrons. The second-order valence-corrected chi connectivity index (χ2v) is 5.10. The number of hydrogen-bond donors (Lipinski definition) is 1. The highest BCUT2D eigenvalue weighted by atomic mass is 32.1. The van der Waals surface area contributed by atoms with Crippen LogP contribution in [-0.2, 0) is 4.74 Å². The molecule has 2 rings (SSSR count). The molecule has 2 atom stereocenters. The molecule has 3 heteroatoms. The van der Waals surface area contributed by atoms with Crippen molar-refractivity contribution in [3.05, 3.63) is 28.0 Å². The van der Waals surface area contributed by atoms with E-state index in [4.69, 9.17) is 4.74 Å². The third kappa shape index (κ3) is 3.44. The number of rotatable bonds is 2. The molecular formula is C14H16O2S. The van der Waals surface area contributed by atoms with E-state index in [-0.39, 0.29) is 12.2 Å². The van der Waals surface area contributed by atoms with E-state index < -0.39 is 0 Å². The molecule has 1 aromatic rings. The second-order valence-electron chi connectivity index (χ2n) is 3.98. The molecule has 1 aliphatic heterocycles. The first-order valence-electron chi connectivity index (χ1n) is 5.80. The summed E-state index contributed by atoms with van der Waals surface area (Å²) in [6, 6.07) is 4.05. The Balaban J connectivity index is 2.00. The third-order valence-electron chi connectivity index (χ3n) is 2.66. The molecule has 0 amide bonds. The Kier molecular flexibility index (Phi) is 4.38. The van der Waals surface area contributed by atoms with Crippen molar-refractivity contribution >= 4 is 17.4 Å². The zero-order valence-corrected chi connectivity index (χ0v) is 10.7. The van der Waals surface area contributed by atoms with E-state index in [9.17, 15) is 5.11 Å². The Morgan fingerprint density at radius 2 is 2.41 bits per heavy atom. The first kappa shape index (κ1) is 12.4. The summed E-state index contributed by atoms with van der Waals surface area (Å²) in [4.78, 5) is 2.21. The Bertz CT molecular complexity index is 450. The summed E-state index contributed by atoms with van der Waals surface area (Å²) in [5.74, 6) is 5.91. The number of aliphatic hydroxyl groups is 1. The van der Waals surface area contributed by atoms with Gasteiger partial charge in [-0.3, -0.25) is 0 Å². The number of ether oxygens (including phenoxy) is 1. The van der Waals surface area contributed by atoms with Gasteiger partial charge in [-0.2, -0.15) is 0 Å². The molecule has 1 saturated heterocycles. The third-order valence-corrected chi connectivity index (χ3v) is 3.62. The van der Waals surface area contributed by atoms with Crippen LogP contribution in [0.3, 0.4) is 0 Å². The van der Waals surface area contributed by atoms with Crippen LogP contribution in [0.15, 0.2) is 18.2 Å². The second kappa shape index (κ2) is 6.02. The lowest BCUT2D eigenvalue weighted by Gasteiger charge is -2.25. The van der Waals surface area contributed by atoms with Crippen LogP contribution < -0.4 is 0 Å². The molecule has 2 nitrogen and oxygen atoms in total. The van der Waals surface area contributed by atoms with Gasteiger partial charge in [-0.1, -0.05) is 12.0 Å². The predicted octanol–water partition coefficient (Wildman–Crippen LogP) is 2.67. The van der Waals surface area contributed by atoms with E-state index in [0.717, 1.165) is 29.2 Å². The van der Waals surface area contributed by atoms with Gasteiger partial charge in [0.1, 0.15) is 6.10 Å². The lowest BCUT2D eigenvalue weighted by atomic mass is 10.1. The average Bonchev–Trinajstić information content (AvgIpc) is 2.76. The van der Waals surface area contributed by atoms with E-state index in [2.05, 4.69) is 11.8 Å². The molecule has 2 heterocycles. The van der Waals surface area contributed by atoms with Crippen LogP contribution in [0.5, 0.6) is 0 Å². The summed E-state index contributed by atoms with van der Waals surface area (Å²) in [5, 5.41) is 9.74. The van der Waals surface area contributed by atoms with E-state index >= 15 is 0 Å². The van der Waals surface area contributed by atoms with Crippen LogP contribution in [-0.4, -0.2) is 23.9 Å². The molecule has 1 fully saturated rings. The van der Waals surface area contributed by atoms with Crippen molar-refractivity contribution in [2.45, 2.75) is 32.0 Å². The largest absolute Gasteiger partial charge is 0.390 e. The van der Waals surface area contributed by atoms with Gasteiger partial charge in [-0.25, -0.2) is 0 Å². The van der Waals surface area contributed by atoms with Crippen molar-refractivity contribution in [2.75, 3.05) is 6.61 Å². The van der Waals surface area contributed by atoms with Crippen molar-refractivity contribution in [3.63, 3.8) is 0 Å². The van der Waals surface area contributed by atoms with E-state index in [1.165, 1.54) is 0 Å². The van der Waals surface area contributed by atoms with Crippen molar-refractivity contribution < 1.29 is 9.84 Å². The maximum absolute atomic E-state index is 9.74. The highest BCUT2D eigenvalue weighted by Crippen LogP contribution is 2.20.